The third-order valence-corrected chi connectivity index (χ3v) is 6.08. The molecule has 0 fully saturated rings. The lowest BCUT2D eigenvalue weighted by Gasteiger charge is -2.36. The number of nitrogens with one attached hydrogen (secondary N) is 5. The molecule has 5 N–H and O–H groups in total. The van der Waals surface area contributed by atoms with Gasteiger partial charge in [0.2, 0.25) is 0 Å². The molecule has 8 nitrogen and oxygen atoms in total. The Morgan fingerprint density at radius 1 is 1.22 bits per heavy atom. The fourth-order valence-corrected chi connectivity index (χ4v) is 4.11. The van der Waals surface area contributed by atoms with E-state index in [1.807, 2.05) is 43.3 Å². The molecule has 0 saturated carbocycles. The van der Waals surface area contributed by atoms with E-state index in [-0.39, 0.29) is 6.29 Å². The van der Waals surface area contributed by atoms with Gasteiger partial charge in [-0.3, -0.25) is 10.2 Å². The van der Waals surface area contributed by atoms with Gasteiger partial charge in [-0.05, 0) is 50.8 Å². The van der Waals surface area contributed by atoms with Crippen LogP contribution in [-0.2, 0) is 12.7 Å². The molecular weight excluding hydrogens is 469 g/mol. The summed E-state index contributed by atoms with van der Waals surface area (Å²) in [4.78, 5) is 8.77. The molecule has 0 spiro atoms. The van der Waals surface area contributed by atoms with Crippen LogP contribution in [-0.4, -0.2) is 54.9 Å². The number of aromatic nitrogens is 2. The normalized spacial score (nSPS) is 16.7. The maximum absolute atomic E-state index is 13.3. The summed E-state index contributed by atoms with van der Waals surface area (Å²) in [5, 5.41) is 23.3. The molecule has 0 saturated heterocycles. The number of rotatable bonds is 9. The van der Waals surface area contributed by atoms with Gasteiger partial charge in [0.25, 0.3) is 0 Å². The van der Waals surface area contributed by atoms with Gasteiger partial charge in [-0.15, -0.1) is 0 Å². The van der Waals surface area contributed by atoms with Gasteiger partial charge in [0.05, 0.1) is 22.9 Å². The van der Waals surface area contributed by atoms with Crippen molar-refractivity contribution in [1.82, 2.24) is 30.8 Å². The van der Waals surface area contributed by atoms with Crippen LogP contribution in [0.5, 0.6) is 0 Å². The molecule has 0 bridgehead atoms. The van der Waals surface area contributed by atoms with Crippen LogP contribution < -0.4 is 21.3 Å². The number of nitrogens with zero attached hydrogens (tertiary/aromatic N) is 3. The molecule has 190 valence electrons. The van der Waals surface area contributed by atoms with E-state index in [0.29, 0.717) is 41.0 Å². The minimum atomic E-state index is -4.51. The lowest BCUT2D eigenvalue weighted by atomic mass is 10.0. The number of halogens is 3. The fraction of sp³-hybridized carbons (Fsp3) is 0.360. The number of benzene rings is 1. The van der Waals surface area contributed by atoms with Crippen LogP contribution in [0, 0.1) is 11.3 Å². The summed E-state index contributed by atoms with van der Waals surface area (Å²) in [6, 6.07) is 11.4. The van der Waals surface area contributed by atoms with E-state index in [9.17, 15) is 18.4 Å². The second kappa shape index (κ2) is 11.0. The molecule has 1 aliphatic heterocycles. The molecule has 36 heavy (non-hydrogen) atoms. The molecule has 0 aliphatic carbocycles. The summed E-state index contributed by atoms with van der Waals surface area (Å²) < 4.78 is 39.8. The van der Waals surface area contributed by atoms with Crippen molar-refractivity contribution in [3.8, 4) is 6.07 Å². The molecule has 2 aromatic heterocycles. The fourth-order valence-electron chi connectivity index (χ4n) is 4.11. The summed E-state index contributed by atoms with van der Waals surface area (Å²) >= 11 is 0. The SMILES string of the molecule is CNCCCNc1ccc(CNC2NC(c3c[nH]c4ncc(C(F)(F)F)cc34)=C(C#N)CN2C)cc1. The van der Waals surface area contributed by atoms with Crippen LogP contribution in [0.1, 0.15) is 23.1 Å². The van der Waals surface area contributed by atoms with Crippen molar-refractivity contribution < 1.29 is 13.2 Å². The summed E-state index contributed by atoms with van der Waals surface area (Å²) in [5.41, 5.74) is 3.02. The van der Waals surface area contributed by atoms with Crippen LogP contribution in [0.2, 0.25) is 0 Å². The largest absolute Gasteiger partial charge is 0.417 e. The smallest absolute Gasteiger partial charge is 0.385 e. The Morgan fingerprint density at radius 3 is 2.69 bits per heavy atom. The van der Waals surface area contributed by atoms with Gasteiger partial charge in [-0.2, -0.15) is 18.4 Å². The number of H-pyrrole nitrogens is 1. The van der Waals surface area contributed by atoms with E-state index in [1.54, 1.807) is 6.20 Å². The Bertz CT molecular complexity index is 1260. The van der Waals surface area contributed by atoms with Crippen molar-refractivity contribution in [3.63, 3.8) is 0 Å². The molecule has 11 heteroatoms. The summed E-state index contributed by atoms with van der Waals surface area (Å²) in [5.74, 6) is 0. The van der Waals surface area contributed by atoms with Gasteiger partial charge in [0.15, 0.2) is 0 Å². The Hall–Kier alpha value is -3.59. The monoisotopic (exact) mass is 498 g/mol. The Balaban J connectivity index is 1.48. The molecule has 1 atom stereocenters. The number of likely N-dealkylation sites (N-methyl/N-ethyl adjacent to an activating group) is 1. The molecule has 4 rings (SSSR count). The molecule has 3 aromatic rings. The highest BCUT2D eigenvalue weighted by Crippen LogP contribution is 2.33. The van der Waals surface area contributed by atoms with Crippen molar-refractivity contribution in [1.29, 1.82) is 5.26 Å². The minimum Gasteiger partial charge on any atom is -0.385 e. The van der Waals surface area contributed by atoms with Crippen LogP contribution >= 0.6 is 0 Å². The lowest BCUT2D eigenvalue weighted by molar-refractivity contribution is -0.137. The van der Waals surface area contributed by atoms with Crippen molar-refractivity contribution in [3.05, 3.63) is 65.0 Å². The predicted molar refractivity (Wildman–Crippen MR) is 133 cm³/mol. The van der Waals surface area contributed by atoms with Crippen LogP contribution in [0.15, 0.2) is 48.3 Å². The standard InChI is InChI=1S/C25H29F3N8/c1-30-8-3-9-31-19-6-4-16(5-7-19)12-34-24-35-22(17(11-29)15-36(24)2)21-14-33-23-20(21)10-18(13-32-23)25(26,27)28/h4-7,10,13-14,24,30-31,34-35H,3,8-9,12,15H2,1-2H3,(H,32,33). The van der Waals surface area contributed by atoms with Crippen LogP contribution in [0.4, 0.5) is 18.9 Å². The Morgan fingerprint density at radius 2 is 2.00 bits per heavy atom. The Kier molecular flexibility index (Phi) is 7.79. The second-order valence-corrected chi connectivity index (χ2v) is 8.71. The van der Waals surface area contributed by atoms with E-state index >= 15 is 0 Å². The van der Waals surface area contributed by atoms with Crippen LogP contribution in [0.25, 0.3) is 16.7 Å². The van der Waals surface area contributed by atoms with Crippen molar-refractivity contribution in [2.24, 2.45) is 0 Å². The van der Waals surface area contributed by atoms with E-state index in [1.165, 1.54) is 0 Å². The molecule has 1 aliphatic rings. The third kappa shape index (κ3) is 5.79. The molecule has 1 aromatic carbocycles. The zero-order chi connectivity index (χ0) is 25.7. The van der Waals surface area contributed by atoms with Crippen molar-refractivity contribution in [2.45, 2.75) is 25.4 Å². The number of hydrogen-bond donors (Lipinski definition) is 5. The van der Waals surface area contributed by atoms with E-state index in [2.05, 4.69) is 37.3 Å². The van der Waals surface area contributed by atoms with E-state index < -0.39 is 11.7 Å². The van der Waals surface area contributed by atoms with E-state index in [4.69, 9.17) is 0 Å². The molecular formula is C25H29F3N8. The molecule has 0 amide bonds. The summed E-state index contributed by atoms with van der Waals surface area (Å²) in [6.45, 7) is 2.74. The second-order valence-electron chi connectivity index (χ2n) is 8.71. The number of pyridine rings is 1. The average Bonchev–Trinajstić information content (AvgIpc) is 3.29. The van der Waals surface area contributed by atoms with Crippen LogP contribution in [0.3, 0.4) is 0 Å². The van der Waals surface area contributed by atoms with Gasteiger partial charge in [-0.1, -0.05) is 12.1 Å². The lowest BCUT2D eigenvalue weighted by Crippen LogP contribution is -2.55. The number of alkyl halides is 3. The van der Waals surface area contributed by atoms with E-state index in [0.717, 1.165) is 43.0 Å². The van der Waals surface area contributed by atoms with Gasteiger partial charge in [0, 0.05) is 48.7 Å². The van der Waals surface area contributed by atoms with Crippen molar-refractivity contribution in [2.75, 3.05) is 39.0 Å². The predicted octanol–water partition coefficient (Wildman–Crippen LogP) is 3.45. The first-order valence-electron chi connectivity index (χ1n) is 11.7. The summed E-state index contributed by atoms with van der Waals surface area (Å²) in [7, 11) is 3.80. The number of fused-ring (bicyclic) bond motifs is 1. The highest BCUT2D eigenvalue weighted by molar-refractivity contribution is 5.92. The Labute approximate surface area is 207 Å². The number of anilines is 1. The maximum Gasteiger partial charge on any atom is 0.417 e. The topological polar surface area (TPSA) is 104 Å². The van der Waals surface area contributed by atoms with Gasteiger partial charge >= 0.3 is 6.18 Å². The maximum atomic E-state index is 13.3. The highest BCUT2D eigenvalue weighted by atomic mass is 19.4. The first-order valence-corrected chi connectivity index (χ1v) is 11.7. The van der Waals surface area contributed by atoms with Gasteiger partial charge < -0.3 is 20.9 Å². The van der Waals surface area contributed by atoms with Gasteiger partial charge in [0.1, 0.15) is 11.9 Å². The highest BCUT2D eigenvalue weighted by Gasteiger charge is 2.32. The number of hydrogen-bond acceptors (Lipinski definition) is 7. The third-order valence-electron chi connectivity index (χ3n) is 6.08. The van der Waals surface area contributed by atoms with Gasteiger partial charge in [-0.25, -0.2) is 4.98 Å². The first kappa shape index (κ1) is 25.5. The number of nitriles is 1. The molecule has 3 heterocycles. The average molecular weight is 499 g/mol. The molecule has 1 unspecified atom stereocenters. The quantitative estimate of drug-likeness (QED) is 0.288. The zero-order valence-electron chi connectivity index (χ0n) is 20.1. The van der Waals surface area contributed by atoms with Crippen molar-refractivity contribution >= 4 is 22.4 Å². The minimum absolute atomic E-state index is 0.307. The summed E-state index contributed by atoms with van der Waals surface area (Å²) in [6.07, 6.45) is -1.42. The zero-order valence-corrected chi connectivity index (χ0v) is 20.1. The first-order chi connectivity index (χ1) is 17.3. The molecule has 0 radical (unpaired) electrons. The number of aromatic amines is 1.